The molecular weight excluding hydrogens is 166 g/mol. The number of alkyl halides is 1. The molecule has 0 rings (SSSR count). The zero-order valence-corrected chi connectivity index (χ0v) is 9.57. The van der Waals surface area contributed by atoms with Gasteiger partial charge in [-0.1, -0.05) is 33.7 Å². The second kappa shape index (κ2) is 4.96. The molecule has 0 N–H and O–H groups in total. The van der Waals surface area contributed by atoms with Crippen LogP contribution in [0.5, 0.6) is 0 Å². The van der Waals surface area contributed by atoms with E-state index in [1.54, 1.807) is 0 Å². The molecule has 0 spiro atoms. The van der Waals surface area contributed by atoms with Gasteiger partial charge in [-0.2, -0.15) is 0 Å². The minimum atomic E-state index is 0.138. The lowest BCUT2D eigenvalue weighted by Crippen LogP contribution is -2.09. The van der Waals surface area contributed by atoms with Crippen LogP contribution < -0.4 is 0 Å². The summed E-state index contributed by atoms with van der Waals surface area (Å²) in [7, 11) is 2.14. The molecule has 0 aliphatic heterocycles. The van der Waals surface area contributed by atoms with Crippen molar-refractivity contribution in [3.8, 4) is 0 Å². The zero-order chi connectivity index (χ0) is 9.78. The maximum Gasteiger partial charge on any atom is 0.142 e. The molecule has 0 aliphatic rings. The van der Waals surface area contributed by atoms with Crippen LogP contribution in [-0.2, 0) is 0 Å². The lowest BCUT2D eigenvalue weighted by molar-refractivity contribution is 0.416. The Bertz CT molecular complexity index is 154. The van der Waals surface area contributed by atoms with E-state index in [9.17, 15) is 0 Å². The molecule has 1 unspecified atom stereocenters. The number of allylic oxidation sites excluding steroid dienone is 2. The molecule has 0 aromatic heterocycles. The van der Waals surface area contributed by atoms with Gasteiger partial charge in [0, 0.05) is 5.38 Å². The SMILES string of the molecule is C[B]C(=CC(C)Cl)CC(C)(C)C. The average molecular weight is 186 g/mol. The lowest BCUT2D eigenvalue weighted by Gasteiger charge is -2.20. The fourth-order valence-electron chi connectivity index (χ4n) is 1.16. The van der Waals surface area contributed by atoms with Crippen molar-refractivity contribution in [2.24, 2.45) is 5.41 Å². The molecule has 0 heterocycles. The highest BCUT2D eigenvalue weighted by molar-refractivity contribution is 6.43. The van der Waals surface area contributed by atoms with Crippen LogP contribution >= 0.6 is 11.6 Å². The predicted octanol–water partition coefficient (Wildman–Crippen LogP) is 3.69. The van der Waals surface area contributed by atoms with Crippen LogP contribution in [0, 0.1) is 5.41 Å². The van der Waals surface area contributed by atoms with Crippen molar-refractivity contribution in [3.05, 3.63) is 11.5 Å². The number of rotatable bonds is 3. The van der Waals surface area contributed by atoms with Crippen molar-refractivity contribution >= 4 is 18.9 Å². The van der Waals surface area contributed by atoms with E-state index in [4.69, 9.17) is 11.6 Å². The molecule has 1 radical (unpaired) electrons. The van der Waals surface area contributed by atoms with Crippen LogP contribution in [0.15, 0.2) is 11.5 Å². The van der Waals surface area contributed by atoms with Crippen molar-refractivity contribution < 1.29 is 0 Å². The summed E-state index contributed by atoms with van der Waals surface area (Å²) in [5, 5.41) is 0.138. The topological polar surface area (TPSA) is 0 Å². The average Bonchev–Trinajstić information content (AvgIpc) is 1.82. The summed E-state index contributed by atoms with van der Waals surface area (Å²) in [5.74, 6) is 0. The van der Waals surface area contributed by atoms with Gasteiger partial charge >= 0.3 is 0 Å². The third-order valence-corrected chi connectivity index (χ3v) is 1.67. The van der Waals surface area contributed by atoms with Gasteiger partial charge < -0.3 is 0 Å². The van der Waals surface area contributed by atoms with Crippen LogP contribution in [0.1, 0.15) is 34.1 Å². The van der Waals surface area contributed by atoms with Crippen LogP contribution in [0.4, 0.5) is 0 Å². The van der Waals surface area contributed by atoms with Crippen LogP contribution in [0.3, 0.4) is 0 Å². The molecule has 0 saturated heterocycles. The first kappa shape index (κ1) is 12.1. The Labute approximate surface area is 82.6 Å². The second-order valence-electron chi connectivity index (χ2n) is 4.45. The molecule has 0 fully saturated rings. The van der Waals surface area contributed by atoms with Gasteiger partial charge in [-0.3, -0.25) is 0 Å². The van der Waals surface area contributed by atoms with Crippen LogP contribution in [0.25, 0.3) is 0 Å². The molecule has 69 valence electrons. The third-order valence-electron chi connectivity index (χ3n) is 1.55. The largest absolute Gasteiger partial charge is 0.142 e. The zero-order valence-electron chi connectivity index (χ0n) is 8.82. The first-order valence-electron chi connectivity index (χ1n) is 4.49. The molecule has 0 aliphatic carbocycles. The number of hydrogen-bond donors (Lipinski definition) is 0. The van der Waals surface area contributed by atoms with Crippen molar-refractivity contribution in [2.75, 3.05) is 0 Å². The van der Waals surface area contributed by atoms with Crippen LogP contribution in [-0.4, -0.2) is 12.7 Å². The van der Waals surface area contributed by atoms with Gasteiger partial charge in [-0.05, 0) is 18.8 Å². The van der Waals surface area contributed by atoms with Crippen molar-refractivity contribution in [3.63, 3.8) is 0 Å². The molecule has 0 saturated carbocycles. The lowest BCUT2D eigenvalue weighted by atomic mass is 9.66. The summed E-state index contributed by atoms with van der Waals surface area (Å²) in [5.41, 5.74) is 1.70. The maximum atomic E-state index is 5.88. The Kier molecular flexibility index (Phi) is 5.00. The first-order valence-corrected chi connectivity index (χ1v) is 4.93. The minimum absolute atomic E-state index is 0.138. The van der Waals surface area contributed by atoms with E-state index in [0.29, 0.717) is 5.41 Å². The first-order chi connectivity index (χ1) is 5.35. The monoisotopic (exact) mass is 185 g/mol. The second-order valence-corrected chi connectivity index (χ2v) is 5.13. The Morgan fingerprint density at radius 2 is 2.00 bits per heavy atom. The van der Waals surface area contributed by atoms with Gasteiger partial charge in [0.2, 0.25) is 0 Å². The molecule has 0 nitrogen and oxygen atoms in total. The van der Waals surface area contributed by atoms with E-state index in [-0.39, 0.29) is 5.38 Å². The Balaban J connectivity index is 4.18. The van der Waals surface area contributed by atoms with Gasteiger partial charge in [-0.25, -0.2) is 0 Å². The fraction of sp³-hybridized carbons (Fsp3) is 0.800. The van der Waals surface area contributed by atoms with Crippen molar-refractivity contribution in [1.29, 1.82) is 0 Å². The summed E-state index contributed by atoms with van der Waals surface area (Å²) in [6.07, 6.45) is 3.22. The summed E-state index contributed by atoms with van der Waals surface area (Å²) in [6.45, 7) is 10.8. The summed E-state index contributed by atoms with van der Waals surface area (Å²) in [6, 6.07) is 0. The standard InChI is InChI=1S/C10H19BCl/c1-8(12)6-9(11-5)7-10(2,3)4/h6,8H,7H2,1-5H3. The molecule has 0 bridgehead atoms. The van der Waals surface area contributed by atoms with Gasteiger partial charge in [0.25, 0.3) is 0 Å². The highest BCUT2D eigenvalue weighted by atomic mass is 35.5. The molecule has 1 atom stereocenters. The van der Waals surface area contributed by atoms with E-state index in [1.165, 1.54) is 5.47 Å². The Hall–Kier alpha value is 0.0949. The molecule has 0 aromatic carbocycles. The van der Waals surface area contributed by atoms with E-state index in [1.807, 2.05) is 6.92 Å². The van der Waals surface area contributed by atoms with Crippen molar-refractivity contribution in [2.45, 2.75) is 46.3 Å². The summed E-state index contributed by atoms with van der Waals surface area (Å²) >= 11 is 5.88. The quantitative estimate of drug-likeness (QED) is 0.465. The highest BCUT2D eigenvalue weighted by Crippen LogP contribution is 2.24. The molecule has 0 aromatic rings. The highest BCUT2D eigenvalue weighted by Gasteiger charge is 2.12. The van der Waals surface area contributed by atoms with Gasteiger partial charge in [-0.15, -0.1) is 17.1 Å². The van der Waals surface area contributed by atoms with E-state index < -0.39 is 0 Å². The van der Waals surface area contributed by atoms with E-state index in [0.717, 1.165) is 6.42 Å². The minimum Gasteiger partial charge on any atom is -0.119 e. The van der Waals surface area contributed by atoms with Crippen LogP contribution in [0.2, 0.25) is 6.82 Å². The van der Waals surface area contributed by atoms with E-state index in [2.05, 4.69) is 40.9 Å². The summed E-state index contributed by atoms with van der Waals surface area (Å²) < 4.78 is 0. The molecule has 12 heavy (non-hydrogen) atoms. The Morgan fingerprint density at radius 3 is 2.25 bits per heavy atom. The van der Waals surface area contributed by atoms with Gasteiger partial charge in [0.15, 0.2) is 0 Å². The normalized spacial score (nSPS) is 16.0. The smallest absolute Gasteiger partial charge is 0.119 e. The number of halogens is 1. The number of hydrogen-bond acceptors (Lipinski definition) is 0. The predicted molar refractivity (Wildman–Crippen MR) is 59.1 cm³/mol. The fourth-order valence-corrected chi connectivity index (χ4v) is 1.33. The van der Waals surface area contributed by atoms with Gasteiger partial charge in [0.1, 0.15) is 7.28 Å². The molecule has 0 amide bonds. The third kappa shape index (κ3) is 6.78. The van der Waals surface area contributed by atoms with Gasteiger partial charge in [0.05, 0.1) is 0 Å². The molecule has 2 heteroatoms. The Morgan fingerprint density at radius 1 is 1.50 bits per heavy atom. The van der Waals surface area contributed by atoms with Crippen molar-refractivity contribution in [1.82, 2.24) is 0 Å². The van der Waals surface area contributed by atoms with E-state index >= 15 is 0 Å². The molecular formula is C10H19BCl. The summed E-state index contributed by atoms with van der Waals surface area (Å²) in [4.78, 5) is 0. The maximum absolute atomic E-state index is 5.88.